The average Bonchev–Trinajstić information content (AvgIpc) is 2.81. The van der Waals surface area contributed by atoms with Crippen molar-refractivity contribution in [2.45, 2.75) is 19.3 Å². The molecule has 1 N–H and O–H groups in total. The Morgan fingerprint density at radius 1 is 1.32 bits per heavy atom. The summed E-state index contributed by atoms with van der Waals surface area (Å²) < 4.78 is 13.0. The summed E-state index contributed by atoms with van der Waals surface area (Å²) in [6.45, 7) is 3.76. The minimum atomic E-state index is -0.219. The van der Waals surface area contributed by atoms with Crippen LogP contribution in [0.5, 0.6) is 0 Å². The molecule has 102 valence electrons. The Morgan fingerprint density at radius 3 is 2.63 bits per heavy atom. The van der Waals surface area contributed by atoms with E-state index in [1.807, 2.05) is 12.1 Å². The van der Waals surface area contributed by atoms with Crippen molar-refractivity contribution in [2.24, 2.45) is 7.05 Å². The van der Waals surface area contributed by atoms with Crippen molar-refractivity contribution < 1.29 is 4.39 Å². The Balaban J connectivity index is 2.13. The van der Waals surface area contributed by atoms with E-state index < -0.39 is 0 Å². The molecule has 0 amide bonds. The molecule has 2 aromatic rings. The summed E-state index contributed by atoms with van der Waals surface area (Å²) in [6, 6.07) is 6.60. The summed E-state index contributed by atoms with van der Waals surface area (Å²) in [5.74, 6) is 0.697. The molecule has 0 aliphatic carbocycles. The van der Waals surface area contributed by atoms with Crippen LogP contribution in [0.4, 0.5) is 4.39 Å². The Labute approximate surface area is 111 Å². The van der Waals surface area contributed by atoms with Crippen LogP contribution >= 0.6 is 0 Å². The quantitative estimate of drug-likeness (QED) is 0.853. The van der Waals surface area contributed by atoms with E-state index >= 15 is 0 Å². The largest absolute Gasteiger partial charge is 0.316 e. The first-order valence-corrected chi connectivity index (χ1v) is 6.38. The molecule has 0 aliphatic rings. The molecule has 6 heteroatoms. The van der Waals surface area contributed by atoms with Crippen LogP contribution < -0.4 is 5.32 Å². The average molecular weight is 263 g/mol. The lowest BCUT2D eigenvalue weighted by Gasteiger charge is -2.16. The third-order valence-corrected chi connectivity index (χ3v) is 2.96. The van der Waals surface area contributed by atoms with E-state index in [2.05, 4.69) is 27.7 Å². The Morgan fingerprint density at radius 2 is 2.05 bits per heavy atom. The zero-order valence-electron chi connectivity index (χ0n) is 11.2. The van der Waals surface area contributed by atoms with Gasteiger partial charge in [0.1, 0.15) is 5.82 Å². The first kappa shape index (κ1) is 13.6. The molecule has 0 aliphatic heterocycles. The van der Waals surface area contributed by atoms with Gasteiger partial charge in [-0.2, -0.15) is 4.80 Å². The normalized spacial score (nSPS) is 12.6. The first-order valence-electron chi connectivity index (χ1n) is 6.38. The van der Waals surface area contributed by atoms with Gasteiger partial charge in [0.15, 0.2) is 5.82 Å². The van der Waals surface area contributed by atoms with Gasteiger partial charge in [-0.15, -0.1) is 10.2 Å². The molecule has 0 radical (unpaired) electrons. The Bertz CT molecular complexity index is 508. The van der Waals surface area contributed by atoms with E-state index in [9.17, 15) is 4.39 Å². The number of nitrogens with zero attached hydrogens (tertiary/aromatic N) is 4. The smallest absolute Gasteiger partial charge is 0.175 e. The lowest BCUT2D eigenvalue weighted by molar-refractivity contribution is 0.574. The predicted molar refractivity (Wildman–Crippen MR) is 70.2 cm³/mol. The summed E-state index contributed by atoms with van der Waals surface area (Å²) in [6.07, 6.45) is 0.687. The molecule has 0 spiro atoms. The molecule has 1 heterocycles. The van der Waals surface area contributed by atoms with Crippen LogP contribution in [-0.4, -0.2) is 33.3 Å². The second kappa shape index (κ2) is 6.38. The lowest BCUT2D eigenvalue weighted by Crippen LogP contribution is -2.23. The van der Waals surface area contributed by atoms with Gasteiger partial charge >= 0.3 is 0 Å². The van der Waals surface area contributed by atoms with Crippen LogP contribution in [0.1, 0.15) is 24.2 Å². The number of hydrogen-bond donors (Lipinski definition) is 1. The molecule has 1 atom stereocenters. The third-order valence-electron chi connectivity index (χ3n) is 2.96. The van der Waals surface area contributed by atoms with Crippen LogP contribution in [0.2, 0.25) is 0 Å². The minimum absolute atomic E-state index is 0.213. The van der Waals surface area contributed by atoms with Crippen molar-refractivity contribution in [1.82, 2.24) is 25.5 Å². The van der Waals surface area contributed by atoms with Gasteiger partial charge in [0.2, 0.25) is 0 Å². The van der Waals surface area contributed by atoms with Gasteiger partial charge < -0.3 is 5.32 Å². The molecule has 2 rings (SSSR count). The van der Waals surface area contributed by atoms with Crippen molar-refractivity contribution in [3.63, 3.8) is 0 Å². The molecule has 1 aromatic heterocycles. The van der Waals surface area contributed by atoms with Crippen LogP contribution in [-0.2, 0) is 13.5 Å². The molecule has 0 saturated heterocycles. The highest BCUT2D eigenvalue weighted by Gasteiger charge is 2.15. The maximum absolute atomic E-state index is 13.0. The molecular weight excluding hydrogens is 245 g/mol. The second-order valence-electron chi connectivity index (χ2n) is 4.46. The van der Waals surface area contributed by atoms with Gasteiger partial charge in [0, 0.05) is 18.9 Å². The number of aromatic nitrogens is 4. The summed E-state index contributed by atoms with van der Waals surface area (Å²) in [5, 5.41) is 15.3. The van der Waals surface area contributed by atoms with Crippen molar-refractivity contribution in [3.05, 3.63) is 41.5 Å². The van der Waals surface area contributed by atoms with E-state index in [0.717, 1.165) is 18.7 Å². The number of nitrogens with one attached hydrogen (secondary N) is 1. The summed E-state index contributed by atoms with van der Waals surface area (Å²) in [4.78, 5) is 1.45. The fraction of sp³-hybridized carbons (Fsp3) is 0.462. The molecule has 0 bridgehead atoms. The number of tetrazole rings is 1. The van der Waals surface area contributed by atoms with Gasteiger partial charge in [-0.25, -0.2) is 4.39 Å². The molecular formula is C13H18FN5. The Hall–Kier alpha value is -1.82. The Kier molecular flexibility index (Phi) is 4.57. The second-order valence-corrected chi connectivity index (χ2v) is 4.46. The highest BCUT2D eigenvalue weighted by molar-refractivity contribution is 5.21. The molecule has 1 unspecified atom stereocenters. The SMILES string of the molecule is CCNCC(Cc1nnn(C)n1)c1ccc(F)cc1. The number of rotatable bonds is 6. The maximum Gasteiger partial charge on any atom is 0.175 e. The highest BCUT2D eigenvalue weighted by atomic mass is 19.1. The van der Waals surface area contributed by atoms with Crippen LogP contribution in [0.3, 0.4) is 0 Å². The van der Waals surface area contributed by atoms with Crippen LogP contribution in [0.15, 0.2) is 24.3 Å². The number of benzene rings is 1. The van der Waals surface area contributed by atoms with Gasteiger partial charge in [0.05, 0.1) is 7.05 Å². The number of halogens is 1. The number of likely N-dealkylation sites (N-methyl/N-ethyl adjacent to an activating group) is 1. The van der Waals surface area contributed by atoms with E-state index in [4.69, 9.17) is 0 Å². The van der Waals surface area contributed by atoms with Crippen LogP contribution in [0.25, 0.3) is 0 Å². The summed E-state index contributed by atoms with van der Waals surface area (Å²) >= 11 is 0. The fourth-order valence-corrected chi connectivity index (χ4v) is 1.99. The number of aryl methyl sites for hydroxylation is 1. The fourth-order valence-electron chi connectivity index (χ4n) is 1.99. The lowest BCUT2D eigenvalue weighted by atomic mass is 9.95. The van der Waals surface area contributed by atoms with Gasteiger partial charge in [-0.3, -0.25) is 0 Å². The van der Waals surface area contributed by atoms with Gasteiger partial charge in [-0.1, -0.05) is 19.1 Å². The van der Waals surface area contributed by atoms with Gasteiger partial charge in [-0.05, 0) is 29.5 Å². The van der Waals surface area contributed by atoms with Crippen LogP contribution in [0, 0.1) is 5.82 Å². The molecule has 0 fully saturated rings. The topological polar surface area (TPSA) is 55.6 Å². The predicted octanol–water partition coefficient (Wildman–Crippen LogP) is 1.28. The van der Waals surface area contributed by atoms with Crippen molar-refractivity contribution in [1.29, 1.82) is 0 Å². The van der Waals surface area contributed by atoms with Crippen molar-refractivity contribution in [3.8, 4) is 0 Å². The van der Waals surface area contributed by atoms with Crippen molar-refractivity contribution in [2.75, 3.05) is 13.1 Å². The number of hydrogen-bond acceptors (Lipinski definition) is 4. The minimum Gasteiger partial charge on any atom is -0.316 e. The highest BCUT2D eigenvalue weighted by Crippen LogP contribution is 2.19. The zero-order chi connectivity index (χ0) is 13.7. The van der Waals surface area contributed by atoms with Gasteiger partial charge in [0.25, 0.3) is 0 Å². The molecule has 5 nitrogen and oxygen atoms in total. The summed E-state index contributed by atoms with van der Waals surface area (Å²) in [5.41, 5.74) is 1.08. The molecule has 0 saturated carbocycles. The monoisotopic (exact) mass is 263 g/mol. The first-order chi connectivity index (χ1) is 9.19. The summed E-state index contributed by atoms with van der Waals surface area (Å²) in [7, 11) is 1.74. The molecule has 1 aromatic carbocycles. The van der Waals surface area contributed by atoms with E-state index in [1.54, 1.807) is 7.05 Å². The van der Waals surface area contributed by atoms with E-state index in [0.29, 0.717) is 12.2 Å². The zero-order valence-corrected chi connectivity index (χ0v) is 11.2. The maximum atomic E-state index is 13.0. The standard InChI is InChI=1S/C13H18FN5/c1-3-15-9-11(8-13-16-18-19(2)17-13)10-4-6-12(14)7-5-10/h4-7,11,15H,3,8-9H2,1-2H3. The molecule has 19 heavy (non-hydrogen) atoms. The van der Waals surface area contributed by atoms with E-state index in [-0.39, 0.29) is 11.7 Å². The third kappa shape index (κ3) is 3.82. The van der Waals surface area contributed by atoms with Crippen molar-refractivity contribution >= 4 is 0 Å². The van der Waals surface area contributed by atoms with E-state index in [1.165, 1.54) is 16.9 Å².